The number of hydrogen-bond donors (Lipinski definition) is 2. The third kappa shape index (κ3) is 2.94. The van der Waals surface area contributed by atoms with Crippen LogP contribution < -0.4 is 11.3 Å². The summed E-state index contributed by atoms with van der Waals surface area (Å²) in [5, 5.41) is 0. The van der Waals surface area contributed by atoms with E-state index in [4.69, 9.17) is 5.84 Å². The number of para-hydroxylation sites is 1. The van der Waals surface area contributed by atoms with Crippen LogP contribution in [0.3, 0.4) is 0 Å². The molecule has 1 atom stereocenters. The normalized spacial score (nSPS) is 24.4. The Morgan fingerprint density at radius 1 is 1.15 bits per heavy atom. The molecule has 1 aromatic carbocycles. The Balaban J connectivity index is 1.67. The summed E-state index contributed by atoms with van der Waals surface area (Å²) < 4.78 is 0. The molecule has 108 valence electrons. The van der Waals surface area contributed by atoms with Crippen molar-refractivity contribution >= 4 is 11.6 Å². The molecule has 5 heteroatoms. The minimum atomic E-state index is 0.659. The largest absolute Gasteiger partial charge is 0.340 e. The zero-order chi connectivity index (χ0) is 13.8. The van der Waals surface area contributed by atoms with Crippen LogP contribution >= 0.6 is 0 Å². The van der Waals surface area contributed by atoms with Crippen molar-refractivity contribution in [2.24, 2.45) is 10.8 Å². The van der Waals surface area contributed by atoms with Crippen molar-refractivity contribution in [3.63, 3.8) is 0 Å². The molecule has 0 bridgehead atoms. The van der Waals surface area contributed by atoms with Crippen molar-refractivity contribution in [1.29, 1.82) is 0 Å². The first kappa shape index (κ1) is 13.4. The van der Waals surface area contributed by atoms with Gasteiger partial charge >= 0.3 is 0 Å². The molecule has 1 aromatic rings. The summed E-state index contributed by atoms with van der Waals surface area (Å²) in [7, 11) is 0. The Hall–Kier alpha value is -1.59. The van der Waals surface area contributed by atoms with Crippen LogP contribution in [0, 0.1) is 0 Å². The Labute approximate surface area is 120 Å². The maximum Gasteiger partial charge on any atom is 0.213 e. The number of hydrogen-bond acceptors (Lipinski definition) is 3. The average molecular weight is 273 g/mol. The van der Waals surface area contributed by atoms with E-state index < -0.39 is 0 Å². The molecule has 1 unspecified atom stereocenters. The highest BCUT2D eigenvalue weighted by atomic mass is 15.4. The van der Waals surface area contributed by atoms with Gasteiger partial charge in [-0.05, 0) is 44.5 Å². The van der Waals surface area contributed by atoms with Gasteiger partial charge in [0.25, 0.3) is 0 Å². The molecular weight excluding hydrogens is 250 g/mol. The predicted molar refractivity (Wildman–Crippen MR) is 81.6 cm³/mol. The number of likely N-dealkylation sites (tertiary alicyclic amines) is 2. The summed E-state index contributed by atoms with van der Waals surface area (Å²) in [5.41, 5.74) is 3.70. The molecule has 0 aromatic heterocycles. The fourth-order valence-corrected chi connectivity index (χ4v) is 3.16. The van der Waals surface area contributed by atoms with Crippen molar-refractivity contribution in [2.75, 3.05) is 26.2 Å². The zero-order valence-electron chi connectivity index (χ0n) is 11.8. The summed E-state index contributed by atoms with van der Waals surface area (Å²) in [6, 6.07) is 10.6. The molecule has 0 saturated carbocycles. The minimum Gasteiger partial charge on any atom is -0.340 e. The van der Waals surface area contributed by atoms with E-state index in [9.17, 15) is 0 Å². The first-order valence-electron chi connectivity index (χ1n) is 7.46. The van der Waals surface area contributed by atoms with Gasteiger partial charge in [0.1, 0.15) is 0 Å². The van der Waals surface area contributed by atoms with Crippen LogP contribution in [0.1, 0.15) is 19.3 Å². The molecule has 2 saturated heterocycles. The molecular formula is C15H23N5. The van der Waals surface area contributed by atoms with Gasteiger partial charge in [0.2, 0.25) is 5.96 Å². The Bertz CT molecular complexity index is 453. The quantitative estimate of drug-likeness (QED) is 0.369. The van der Waals surface area contributed by atoms with Gasteiger partial charge in [-0.1, -0.05) is 18.2 Å². The van der Waals surface area contributed by atoms with E-state index in [2.05, 4.69) is 20.2 Å². The second kappa shape index (κ2) is 6.24. The standard InChI is InChI=1S/C15H23N5/c16-18-15(17-13-6-2-1-3-7-13)20-11-8-14(12-20)19-9-4-5-10-19/h1-3,6-7,14H,4-5,8-12,16H2,(H,17,18). The molecule has 2 heterocycles. The molecule has 20 heavy (non-hydrogen) atoms. The Kier molecular flexibility index (Phi) is 4.18. The second-order valence-electron chi connectivity index (χ2n) is 5.55. The van der Waals surface area contributed by atoms with Crippen LogP contribution in [0.5, 0.6) is 0 Å². The number of rotatable bonds is 2. The fourth-order valence-electron chi connectivity index (χ4n) is 3.16. The average Bonchev–Trinajstić information content (AvgIpc) is 3.16. The highest BCUT2D eigenvalue weighted by Gasteiger charge is 2.30. The summed E-state index contributed by atoms with van der Waals surface area (Å²) >= 11 is 0. The number of aliphatic imine (C=N–C) groups is 1. The predicted octanol–water partition coefficient (Wildman–Crippen LogP) is 1.31. The highest BCUT2D eigenvalue weighted by molar-refractivity contribution is 5.82. The van der Waals surface area contributed by atoms with Crippen LogP contribution in [0.4, 0.5) is 5.69 Å². The lowest BCUT2D eigenvalue weighted by molar-refractivity contribution is 0.249. The lowest BCUT2D eigenvalue weighted by Crippen LogP contribution is -2.45. The van der Waals surface area contributed by atoms with Crippen LogP contribution in [0.15, 0.2) is 35.3 Å². The molecule has 0 amide bonds. The van der Waals surface area contributed by atoms with Crippen molar-refractivity contribution < 1.29 is 0 Å². The van der Waals surface area contributed by atoms with Crippen LogP contribution in [-0.2, 0) is 0 Å². The van der Waals surface area contributed by atoms with Gasteiger partial charge in [-0.3, -0.25) is 10.3 Å². The molecule has 2 fully saturated rings. The van der Waals surface area contributed by atoms with Gasteiger partial charge in [-0.15, -0.1) is 0 Å². The van der Waals surface area contributed by atoms with E-state index in [1.54, 1.807) is 0 Å². The van der Waals surface area contributed by atoms with Crippen molar-refractivity contribution in [3.05, 3.63) is 30.3 Å². The zero-order valence-corrected chi connectivity index (χ0v) is 11.8. The summed E-state index contributed by atoms with van der Waals surface area (Å²) in [6.07, 6.45) is 3.89. The SMILES string of the molecule is NNC(=Nc1ccccc1)N1CCC(N2CCCC2)C1. The van der Waals surface area contributed by atoms with Crippen molar-refractivity contribution in [1.82, 2.24) is 15.2 Å². The molecule has 2 aliphatic heterocycles. The van der Waals surface area contributed by atoms with Gasteiger partial charge in [0.05, 0.1) is 5.69 Å². The Morgan fingerprint density at radius 2 is 1.90 bits per heavy atom. The van der Waals surface area contributed by atoms with Gasteiger partial charge in [0, 0.05) is 19.1 Å². The van der Waals surface area contributed by atoms with E-state index in [0.717, 1.165) is 24.7 Å². The highest BCUT2D eigenvalue weighted by Crippen LogP contribution is 2.21. The summed E-state index contributed by atoms with van der Waals surface area (Å²) in [4.78, 5) is 9.48. The molecule has 0 radical (unpaired) electrons. The van der Waals surface area contributed by atoms with E-state index in [0.29, 0.717) is 6.04 Å². The van der Waals surface area contributed by atoms with Crippen LogP contribution in [-0.4, -0.2) is 48.0 Å². The van der Waals surface area contributed by atoms with Gasteiger partial charge in [-0.25, -0.2) is 10.8 Å². The van der Waals surface area contributed by atoms with Crippen LogP contribution in [0.2, 0.25) is 0 Å². The topological polar surface area (TPSA) is 56.9 Å². The van der Waals surface area contributed by atoms with E-state index in [1.807, 2.05) is 30.3 Å². The van der Waals surface area contributed by atoms with Gasteiger partial charge in [-0.2, -0.15) is 0 Å². The smallest absolute Gasteiger partial charge is 0.213 e. The number of benzene rings is 1. The van der Waals surface area contributed by atoms with E-state index >= 15 is 0 Å². The monoisotopic (exact) mass is 273 g/mol. The lowest BCUT2D eigenvalue weighted by atomic mass is 10.2. The number of nitrogens with two attached hydrogens (primary N) is 1. The van der Waals surface area contributed by atoms with Crippen molar-refractivity contribution in [3.8, 4) is 0 Å². The summed E-state index contributed by atoms with van der Waals surface area (Å²) in [5.74, 6) is 6.44. The van der Waals surface area contributed by atoms with Crippen LogP contribution in [0.25, 0.3) is 0 Å². The maximum atomic E-state index is 5.66. The van der Waals surface area contributed by atoms with Gasteiger partial charge in [0.15, 0.2) is 0 Å². The minimum absolute atomic E-state index is 0.659. The molecule has 3 rings (SSSR count). The van der Waals surface area contributed by atoms with E-state index in [-0.39, 0.29) is 0 Å². The maximum absolute atomic E-state index is 5.66. The van der Waals surface area contributed by atoms with E-state index in [1.165, 1.54) is 32.4 Å². The summed E-state index contributed by atoms with van der Waals surface area (Å²) in [6.45, 7) is 4.55. The molecule has 3 N–H and O–H groups in total. The second-order valence-corrected chi connectivity index (χ2v) is 5.55. The third-order valence-electron chi connectivity index (χ3n) is 4.24. The Morgan fingerprint density at radius 3 is 2.60 bits per heavy atom. The first-order valence-corrected chi connectivity index (χ1v) is 7.46. The number of nitrogens with one attached hydrogen (secondary N) is 1. The lowest BCUT2D eigenvalue weighted by Gasteiger charge is -2.24. The number of guanidine groups is 1. The first-order chi connectivity index (χ1) is 9.86. The fraction of sp³-hybridized carbons (Fsp3) is 0.533. The molecule has 5 nitrogen and oxygen atoms in total. The number of hydrazine groups is 1. The third-order valence-corrected chi connectivity index (χ3v) is 4.24. The number of nitrogens with zero attached hydrogens (tertiary/aromatic N) is 3. The molecule has 2 aliphatic rings. The molecule has 0 aliphatic carbocycles. The van der Waals surface area contributed by atoms with Crippen molar-refractivity contribution in [2.45, 2.75) is 25.3 Å². The van der Waals surface area contributed by atoms with Gasteiger partial charge < -0.3 is 4.90 Å². The molecule has 0 spiro atoms.